The van der Waals surface area contributed by atoms with Crippen LogP contribution in [0.1, 0.15) is 49.0 Å². The molecule has 0 radical (unpaired) electrons. The fraction of sp³-hybridized carbons (Fsp3) is 0.500. The average molecular weight is 249 g/mol. The van der Waals surface area contributed by atoms with Gasteiger partial charge in [0.1, 0.15) is 0 Å². The third-order valence-corrected chi connectivity index (χ3v) is 3.42. The van der Waals surface area contributed by atoms with Crippen molar-refractivity contribution in [2.45, 2.75) is 37.8 Å². The van der Waals surface area contributed by atoms with Crippen molar-refractivity contribution in [1.82, 2.24) is 5.32 Å². The van der Waals surface area contributed by atoms with E-state index in [0.717, 1.165) is 18.5 Å². The normalized spacial score (nSPS) is 20.8. The molecule has 2 atom stereocenters. The van der Waals surface area contributed by atoms with Crippen LogP contribution in [0.25, 0.3) is 0 Å². The van der Waals surface area contributed by atoms with Crippen LogP contribution in [-0.2, 0) is 4.79 Å². The Morgan fingerprint density at radius 1 is 1.39 bits per heavy atom. The van der Waals surface area contributed by atoms with Crippen molar-refractivity contribution in [2.75, 3.05) is 6.54 Å². The van der Waals surface area contributed by atoms with E-state index in [-0.39, 0.29) is 12.8 Å². The highest BCUT2D eigenvalue weighted by atomic mass is 16.4. The number of hydrogen-bond donors (Lipinski definition) is 3. The summed E-state index contributed by atoms with van der Waals surface area (Å²) >= 11 is 0. The predicted molar refractivity (Wildman–Crippen MR) is 68.2 cm³/mol. The van der Waals surface area contributed by atoms with Gasteiger partial charge in [-0.15, -0.1) is 0 Å². The highest BCUT2D eigenvalue weighted by Crippen LogP contribution is 2.25. The maximum absolute atomic E-state index is 10.4. The maximum Gasteiger partial charge on any atom is 0.303 e. The van der Waals surface area contributed by atoms with Gasteiger partial charge in [-0.05, 0) is 36.9 Å². The van der Waals surface area contributed by atoms with Crippen molar-refractivity contribution in [3.05, 3.63) is 35.4 Å². The van der Waals surface area contributed by atoms with E-state index < -0.39 is 12.1 Å². The molecular weight excluding hydrogens is 230 g/mol. The molecule has 0 aromatic heterocycles. The van der Waals surface area contributed by atoms with Crippen LogP contribution >= 0.6 is 0 Å². The van der Waals surface area contributed by atoms with E-state index in [1.165, 1.54) is 12.0 Å². The van der Waals surface area contributed by atoms with Crippen LogP contribution in [0, 0.1) is 0 Å². The summed E-state index contributed by atoms with van der Waals surface area (Å²) in [4.78, 5) is 10.4. The zero-order chi connectivity index (χ0) is 13.0. The molecule has 2 unspecified atom stereocenters. The van der Waals surface area contributed by atoms with E-state index in [2.05, 4.69) is 5.32 Å². The third-order valence-electron chi connectivity index (χ3n) is 3.42. The highest BCUT2D eigenvalue weighted by molar-refractivity contribution is 5.66. The van der Waals surface area contributed by atoms with Gasteiger partial charge in [0.15, 0.2) is 0 Å². The lowest BCUT2D eigenvalue weighted by atomic mass is 9.99. The van der Waals surface area contributed by atoms with Gasteiger partial charge in [-0.3, -0.25) is 4.79 Å². The number of rotatable bonds is 5. The largest absolute Gasteiger partial charge is 0.481 e. The van der Waals surface area contributed by atoms with Gasteiger partial charge in [0.2, 0.25) is 0 Å². The molecule has 0 saturated carbocycles. The third kappa shape index (κ3) is 3.31. The minimum Gasteiger partial charge on any atom is -0.481 e. The van der Waals surface area contributed by atoms with Crippen molar-refractivity contribution in [3.63, 3.8) is 0 Å². The molecule has 0 bridgehead atoms. The summed E-state index contributed by atoms with van der Waals surface area (Å²) in [6, 6.07) is 8.24. The molecule has 0 amide bonds. The Kier molecular flexibility index (Phi) is 4.33. The van der Waals surface area contributed by atoms with Gasteiger partial charge in [-0.25, -0.2) is 0 Å². The first-order valence-corrected chi connectivity index (χ1v) is 6.40. The van der Waals surface area contributed by atoms with Crippen LogP contribution in [0.2, 0.25) is 0 Å². The number of aliphatic carboxylic acids is 1. The van der Waals surface area contributed by atoms with E-state index in [1.54, 1.807) is 0 Å². The molecule has 1 heterocycles. The molecule has 1 aromatic rings. The summed E-state index contributed by atoms with van der Waals surface area (Å²) in [5, 5.41) is 21.8. The van der Waals surface area contributed by atoms with Gasteiger partial charge in [-0.2, -0.15) is 0 Å². The smallest absolute Gasteiger partial charge is 0.303 e. The molecule has 4 heteroatoms. The number of aliphatic hydroxyl groups is 1. The second kappa shape index (κ2) is 5.98. The van der Waals surface area contributed by atoms with E-state index >= 15 is 0 Å². The topological polar surface area (TPSA) is 69.6 Å². The number of benzene rings is 1. The Morgan fingerprint density at radius 2 is 2.11 bits per heavy atom. The molecule has 98 valence electrons. The second-order valence-corrected chi connectivity index (χ2v) is 4.76. The lowest BCUT2D eigenvalue weighted by Gasteiger charge is -2.13. The van der Waals surface area contributed by atoms with E-state index in [1.807, 2.05) is 24.3 Å². The maximum atomic E-state index is 10.4. The summed E-state index contributed by atoms with van der Waals surface area (Å²) in [6.07, 6.45) is 1.92. The van der Waals surface area contributed by atoms with E-state index in [9.17, 15) is 9.90 Å². The van der Waals surface area contributed by atoms with Gasteiger partial charge in [0.05, 0.1) is 6.10 Å². The van der Waals surface area contributed by atoms with E-state index in [4.69, 9.17) is 5.11 Å². The molecule has 1 aliphatic heterocycles. The summed E-state index contributed by atoms with van der Waals surface area (Å²) in [5.74, 6) is -0.874. The van der Waals surface area contributed by atoms with Crippen LogP contribution in [0.5, 0.6) is 0 Å². The predicted octanol–water partition coefficient (Wildman–Crippen LogP) is 2.01. The molecule has 4 nitrogen and oxygen atoms in total. The van der Waals surface area contributed by atoms with Gasteiger partial charge in [-0.1, -0.05) is 24.3 Å². The van der Waals surface area contributed by atoms with Crippen LogP contribution in [0.4, 0.5) is 0 Å². The first kappa shape index (κ1) is 13.1. The standard InChI is InChI=1S/C14H19NO3/c16-13(7-8-14(17)18)11-5-3-10(4-6-11)12-2-1-9-15-12/h3-6,12-13,15-16H,1-2,7-9H2,(H,17,18). The molecule has 2 rings (SSSR count). The van der Waals surface area contributed by atoms with Crippen LogP contribution in [-0.4, -0.2) is 22.7 Å². The Labute approximate surface area is 107 Å². The van der Waals surface area contributed by atoms with Crippen LogP contribution < -0.4 is 5.32 Å². The number of nitrogens with one attached hydrogen (secondary N) is 1. The van der Waals surface area contributed by atoms with Gasteiger partial charge in [0.25, 0.3) is 0 Å². The minimum atomic E-state index is -0.874. The SMILES string of the molecule is O=C(O)CCC(O)c1ccc(C2CCCN2)cc1. The second-order valence-electron chi connectivity index (χ2n) is 4.76. The van der Waals surface area contributed by atoms with Crippen LogP contribution in [0.15, 0.2) is 24.3 Å². The van der Waals surface area contributed by atoms with Gasteiger partial charge >= 0.3 is 5.97 Å². The summed E-state index contributed by atoms with van der Waals surface area (Å²) in [5.41, 5.74) is 2.03. The zero-order valence-corrected chi connectivity index (χ0v) is 10.3. The number of hydrogen-bond acceptors (Lipinski definition) is 3. The molecule has 0 spiro atoms. The quantitative estimate of drug-likeness (QED) is 0.746. The van der Waals surface area contributed by atoms with Crippen LogP contribution in [0.3, 0.4) is 0 Å². The first-order valence-electron chi connectivity index (χ1n) is 6.40. The van der Waals surface area contributed by atoms with Crippen molar-refractivity contribution in [2.24, 2.45) is 0 Å². The monoisotopic (exact) mass is 249 g/mol. The Balaban J connectivity index is 1.95. The molecular formula is C14H19NO3. The lowest BCUT2D eigenvalue weighted by molar-refractivity contribution is -0.137. The molecule has 18 heavy (non-hydrogen) atoms. The highest BCUT2D eigenvalue weighted by Gasteiger charge is 2.16. The molecule has 1 aromatic carbocycles. The van der Waals surface area contributed by atoms with Crippen molar-refractivity contribution in [3.8, 4) is 0 Å². The Hall–Kier alpha value is -1.39. The van der Waals surface area contributed by atoms with Crippen molar-refractivity contribution < 1.29 is 15.0 Å². The first-order chi connectivity index (χ1) is 8.66. The summed E-state index contributed by atoms with van der Waals surface area (Å²) in [6.45, 7) is 1.06. The van der Waals surface area contributed by atoms with Gasteiger partial charge in [0, 0.05) is 12.5 Å². The van der Waals surface area contributed by atoms with Gasteiger partial charge < -0.3 is 15.5 Å². The Bertz CT molecular complexity index is 396. The van der Waals surface area contributed by atoms with Crippen molar-refractivity contribution >= 4 is 5.97 Å². The fourth-order valence-electron chi connectivity index (χ4n) is 2.35. The molecule has 3 N–H and O–H groups in total. The van der Waals surface area contributed by atoms with Crippen molar-refractivity contribution in [1.29, 1.82) is 0 Å². The fourth-order valence-corrected chi connectivity index (χ4v) is 2.35. The summed E-state index contributed by atoms with van der Waals surface area (Å²) < 4.78 is 0. The number of carbonyl (C=O) groups is 1. The summed E-state index contributed by atoms with van der Waals surface area (Å²) in [7, 11) is 0. The zero-order valence-electron chi connectivity index (χ0n) is 10.3. The average Bonchev–Trinajstić information content (AvgIpc) is 2.90. The number of carboxylic acid groups (broad SMARTS) is 1. The lowest BCUT2D eigenvalue weighted by Crippen LogP contribution is -2.12. The Morgan fingerprint density at radius 3 is 2.67 bits per heavy atom. The molecule has 1 saturated heterocycles. The molecule has 1 fully saturated rings. The number of carboxylic acids is 1. The number of aliphatic hydroxyl groups excluding tert-OH is 1. The minimum absolute atomic E-state index is 0.00685. The molecule has 1 aliphatic rings. The van der Waals surface area contributed by atoms with E-state index in [0.29, 0.717) is 6.04 Å². The molecule has 0 aliphatic carbocycles.